The van der Waals surface area contributed by atoms with Gasteiger partial charge in [0.2, 0.25) is 0 Å². The molecule has 0 N–H and O–H groups in total. The van der Waals surface area contributed by atoms with E-state index in [1.165, 1.54) is 40.4 Å². The molecular formula is C13H23O6P. The number of rotatable bonds is 7. The summed E-state index contributed by atoms with van der Waals surface area (Å²) in [6, 6.07) is 0. The third-order valence-corrected chi connectivity index (χ3v) is 4.62. The van der Waals surface area contributed by atoms with Crippen LogP contribution in [-0.2, 0) is 27.7 Å². The summed E-state index contributed by atoms with van der Waals surface area (Å²) in [6.07, 6.45) is 7.02. The van der Waals surface area contributed by atoms with Gasteiger partial charge in [-0.2, -0.15) is 0 Å². The lowest BCUT2D eigenvalue weighted by Crippen LogP contribution is -2.15. The van der Waals surface area contributed by atoms with Crippen LogP contribution in [0.5, 0.6) is 0 Å². The van der Waals surface area contributed by atoms with Crippen LogP contribution in [-0.4, -0.2) is 26.8 Å². The predicted molar refractivity (Wildman–Crippen MR) is 74.0 cm³/mol. The van der Waals surface area contributed by atoms with E-state index >= 15 is 0 Å². The Hall–Kier alpha value is -0.840. The quantitative estimate of drug-likeness (QED) is 0.310. The summed E-state index contributed by atoms with van der Waals surface area (Å²) >= 11 is 0. The van der Waals surface area contributed by atoms with Gasteiger partial charge in [-0.15, -0.1) is 0 Å². The van der Waals surface area contributed by atoms with Crippen LogP contribution in [0.15, 0.2) is 11.8 Å². The normalized spacial score (nSPS) is 17.9. The molecule has 0 heterocycles. The van der Waals surface area contributed by atoms with Gasteiger partial charge in [-0.05, 0) is 25.7 Å². The van der Waals surface area contributed by atoms with Crippen molar-refractivity contribution in [3.63, 3.8) is 0 Å². The molecule has 7 heteroatoms. The molecule has 1 rings (SSSR count). The molecule has 20 heavy (non-hydrogen) atoms. The summed E-state index contributed by atoms with van der Waals surface area (Å²) in [5, 5.41) is 0. The van der Waals surface area contributed by atoms with Gasteiger partial charge in [0.1, 0.15) is 5.76 Å². The molecule has 1 fully saturated rings. The number of allylic oxidation sites excluding steroid dienone is 1. The maximum absolute atomic E-state index is 11.7. The summed E-state index contributed by atoms with van der Waals surface area (Å²) in [6.45, 7) is 1.92. The molecule has 0 aromatic carbocycles. The molecule has 0 spiro atoms. The number of phosphoric ester groups is 1. The Morgan fingerprint density at radius 1 is 1.20 bits per heavy atom. The average Bonchev–Trinajstić information content (AvgIpc) is 2.46. The van der Waals surface area contributed by atoms with Gasteiger partial charge in [-0.3, -0.25) is 9.05 Å². The van der Waals surface area contributed by atoms with E-state index in [9.17, 15) is 9.36 Å². The summed E-state index contributed by atoms with van der Waals surface area (Å²) < 4.78 is 31.1. The Kier molecular flexibility index (Phi) is 7.27. The first-order valence-corrected chi connectivity index (χ1v) is 8.21. The van der Waals surface area contributed by atoms with E-state index in [0.29, 0.717) is 12.5 Å². The first-order chi connectivity index (χ1) is 9.49. The van der Waals surface area contributed by atoms with Crippen molar-refractivity contribution >= 4 is 13.8 Å². The largest absolute Gasteiger partial charge is 0.529 e. The average molecular weight is 306 g/mol. The van der Waals surface area contributed by atoms with Crippen LogP contribution < -0.4 is 0 Å². The highest BCUT2D eigenvalue weighted by Crippen LogP contribution is 2.49. The van der Waals surface area contributed by atoms with Crippen molar-refractivity contribution in [2.24, 2.45) is 5.92 Å². The summed E-state index contributed by atoms with van der Waals surface area (Å²) in [4.78, 5) is 11.6. The number of hydrogen-bond donors (Lipinski definition) is 0. The number of esters is 1. The third-order valence-electron chi connectivity index (χ3n) is 3.21. The van der Waals surface area contributed by atoms with E-state index in [1.54, 1.807) is 0 Å². The van der Waals surface area contributed by atoms with Crippen LogP contribution in [0, 0.1) is 5.92 Å². The molecule has 6 nitrogen and oxygen atoms in total. The van der Waals surface area contributed by atoms with Crippen molar-refractivity contribution in [3.05, 3.63) is 11.8 Å². The monoisotopic (exact) mass is 306 g/mol. The van der Waals surface area contributed by atoms with Crippen LogP contribution in [0.4, 0.5) is 0 Å². The summed E-state index contributed by atoms with van der Waals surface area (Å²) in [5.41, 5.74) is 0. The molecule has 0 unspecified atom stereocenters. The van der Waals surface area contributed by atoms with Crippen molar-refractivity contribution in [1.29, 1.82) is 0 Å². The van der Waals surface area contributed by atoms with Gasteiger partial charge in [0, 0.05) is 14.2 Å². The molecule has 0 bridgehead atoms. The zero-order valence-electron chi connectivity index (χ0n) is 12.3. The predicted octanol–water partition coefficient (Wildman–Crippen LogP) is 3.43. The van der Waals surface area contributed by atoms with Crippen LogP contribution in [0.3, 0.4) is 0 Å². The molecule has 0 amide bonds. The highest BCUT2D eigenvalue weighted by Gasteiger charge is 2.24. The van der Waals surface area contributed by atoms with E-state index in [-0.39, 0.29) is 5.76 Å². The Morgan fingerprint density at radius 3 is 2.35 bits per heavy atom. The van der Waals surface area contributed by atoms with Gasteiger partial charge in [0.25, 0.3) is 0 Å². The minimum Gasteiger partial charge on any atom is -0.462 e. The van der Waals surface area contributed by atoms with Crippen molar-refractivity contribution in [2.45, 2.75) is 39.0 Å². The van der Waals surface area contributed by atoms with Gasteiger partial charge in [-0.1, -0.05) is 19.3 Å². The molecule has 0 radical (unpaired) electrons. The van der Waals surface area contributed by atoms with Gasteiger partial charge in [0.15, 0.2) is 0 Å². The topological polar surface area (TPSA) is 71.1 Å². The molecule has 0 saturated heterocycles. The van der Waals surface area contributed by atoms with Crippen molar-refractivity contribution < 1.29 is 27.7 Å². The minimum atomic E-state index is -3.61. The van der Waals surface area contributed by atoms with Crippen molar-refractivity contribution in [3.8, 4) is 0 Å². The molecule has 1 saturated carbocycles. The van der Waals surface area contributed by atoms with Crippen LogP contribution in [0.25, 0.3) is 0 Å². The van der Waals surface area contributed by atoms with E-state index in [2.05, 4.69) is 9.05 Å². The van der Waals surface area contributed by atoms with Crippen molar-refractivity contribution in [2.75, 3.05) is 20.8 Å². The smallest absolute Gasteiger partial charge is 0.462 e. The molecule has 1 aliphatic carbocycles. The van der Waals surface area contributed by atoms with Crippen LogP contribution in [0.1, 0.15) is 39.0 Å². The second kappa shape index (κ2) is 8.45. The third kappa shape index (κ3) is 6.07. The van der Waals surface area contributed by atoms with E-state index < -0.39 is 13.8 Å². The van der Waals surface area contributed by atoms with E-state index in [4.69, 9.17) is 9.26 Å². The summed E-state index contributed by atoms with van der Waals surface area (Å²) in [7, 11) is -1.20. The van der Waals surface area contributed by atoms with Gasteiger partial charge >= 0.3 is 13.8 Å². The molecule has 1 aliphatic rings. The van der Waals surface area contributed by atoms with Crippen LogP contribution >= 0.6 is 7.82 Å². The fraction of sp³-hybridized carbons (Fsp3) is 0.769. The number of ether oxygens (including phenoxy) is 1. The second-order valence-electron chi connectivity index (χ2n) is 4.79. The van der Waals surface area contributed by atoms with Gasteiger partial charge in [0.05, 0.1) is 12.7 Å². The van der Waals surface area contributed by atoms with Gasteiger partial charge in [-0.25, -0.2) is 9.36 Å². The lowest BCUT2D eigenvalue weighted by atomic mass is 9.90. The fourth-order valence-corrected chi connectivity index (χ4v) is 2.82. The van der Waals surface area contributed by atoms with E-state index in [0.717, 1.165) is 18.9 Å². The van der Waals surface area contributed by atoms with Crippen LogP contribution in [0.2, 0.25) is 0 Å². The number of carbonyl (C=O) groups excluding carboxylic acids is 1. The maximum atomic E-state index is 11.7. The van der Waals surface area contributed by atoms with Gasteiger partial charge < -0.3 is 9.26 Å². The Bertz CT molecular complexity index is 378. The maximum Gasteiger partial charge on any atom is 0.529 e. The molecule has 116 valence electrons. The Labute approximate surface area is 120 Å². The highest BCUT2D eigenvalue weighted by atomic mass is 31.2. The fourth-order valence-electron chi connectivity index (χ4n) is 2.11. The minimum absolute atomic E-state index is 0.130. The summed E-state index contributed by atoms with van der Waals surface area (Å²) in [5.74, 6) is 0.0730. The Balaban J connectivity index is 2.39. The standard InChI is InChI=1S/C13H23O6P/c1-11(19-20(15,16-2)17-3)9-13(14)18-10-12-7-5-4-6-8-12/h9,12H,4-8,10H2,1-3H3. The highest BCUT2D eigenvalue weighted by molar-refractivity contribution is 7.48. The first kappa shape index (κ1) is 17.2. The number of hydrogen-bond acceptors (Lipinski definition) is 6. The zero-order chi connectivity index (χ0) is 15.0. The SMILES string of the molecule is COP(=O)(OC)OC(C)=CC(=O)OCC1CCCCC1. The Morgan fingerprint density at radius 2 is 1.80 bits per heavy atom. The first-order valence-electron chi connectivity index (χ1n) is 6.75. The lowest BCUT2D eigenvalue weighted by Gasteiger charge is -2.20. The number of phosphoric acid groups is 1. The van der Waals surface area contributed by atoms with E-state index in [1.807, 2.05) is 0 Å². The zero-order valence-corrected chi connectivity index (χ0v) is 13.2. The molecule has 0 aliphatic heterocycles. The number of carbonyl (C=O) groups is 1. The second-order valence-corrected chi connectivity index (χ2v) is 6.60. The molecular weight excluding hydrogens is 283 g/mol. The molecule has 0 atom stereocenters. The van der Waals surface area contributed by atoms with Crippen molar-refractivity contribution in [1.82, 2.24) is 0 Å². The molecule has 0 aromatic rings. The lowest BCUT2D eigenvalue weighted by molar-refractivity contribution is -0.139. The molecule has 0 aromatic heterocycles.